The Bertz CT molecular complexity index is 744. The molecule has 2 aliphatic heterocycles. The van der Waals surface area contributed by atoms with Gasteiger partial charge in [0.05, 0.1) is 5.52 Å². The van der Waals surface area contributed by atoms with Crippen LogP contribution in [0.15, 0.2) is 24.5 Å². The lowest BCUT2D eigenvalue weighted by Gasteiger charge is -2.24. The first-order valence-corrected chi connectivity index (χ1v) is 7.45. The number of carbonyl (C=O) groups is 1. The van der Waals surface area contributed by atoms with Crippen molar-refractivity contribution in [1.29, 1.82) is 0 Å². The van der Waals surface area contributed by atoms with Gasteiger partial charge in [-0.05, 0) is 26.0 Å². The molecule has 4 atom stereocenters. The molecule has 2 fully saturated rings. The third-order valence-electron chi connectivity index (χ3n) is 4.07. The molecule has 22 heavy (non-hydrogen) atoms. The van der Waals surface area contributed by atoms with E-state index in [-0.39, 0.29) is 6.10 Å². The lowest BCUT2D eigenvalue weighted by Crippen LogP contribution is -2.30. The summed E-state index contributed by atoms with van der Waals surface area (Å²) in [6.45, 7) is 3.66. The van der Waals surface area contributed by atoms with Gasteiger partial charge in [-0.25, -0.2) is 4.98 Å². The summed E-state index contributed by atoms with van der Waals surface area (Å²) < 4.78 is 19.5. The lowest BCUT2D eigenvalue weighted by atomic mass is 10.1. The Morgan fingerprint density at radius 2 is 2.09 bits per heavy atom. The van der Waals surface area contributed by atoms with Gasteiger partial charge in [-0.2, -0.15) is 0 Å². The summed E-state index contributed by atoms with van der Waals surface area (Å²) in [7, 11) is 0. The molecule has 2 saturated heterocycles. The third-order valence-corrected chi connectivity index (χ3v) is 4.37. The molecule has 4 heterocycles. The molecule has 7 heteroatoms. The second-order valence-electron chi connectivity index (χ2n) is 5.95. The molecule has 0 bridgehead atoms. The number of pyridine rings is 1. The van der Waals surface area contributed by atoms with Crippen LogP contribution in [-0.4, -0.2) is 39.9 Å². The van der Waals surface area contributed by atoms with Crippen molar-refractivity contribution >= 4 is 28.8 Å². The zero-order chi connectivity index (χ0) is 15.5. The summed E-state index contributed by atoms with van der Waals surface area (Å²) in [4.78, 5) is 15.4. The summed E-state index contributed by atoms with van der Waals surface area (Å²) in [5, 5.41) is 1.26. The molecule has 2 aromatic heterocycles. The molecule has 0 radical (unpaired) electrons. The molecule has 2 aliphatic rings. The van der Waals surface area contributed by atoms with Crippen LogP contribution in [0.4, 0.5) is 0 Å². The van der Waals surface area contributed by atoms with Gasteiger partial charge in [0.15, 0.2) is 18.3 Å². The summed E-state index contributed by atoms with van der Waals surface area (Å²) >= 11 is 6.11. The van der Waals surface area contributed by atoms with E-state index < -0.39 is 24.2 Å². The van der Waals surface area contributed by atoms with Crippen molar-refractivity contribution in [3.8, 4) is 0 Å². The maximum absolute atomic E-state index is 11.3. The Kier molecular flexibility index (Phi) is 3.06. The van der Waals surface area contributed by atoms with E-state index in [1.807, 2.05) is 36.7 Å². The zero-order valence-corrected chi connectivity index (χ0v) is 12.9. The molecule has 0 spiro atoms. The highest BCUT2D eigenvalue weighted by Gasteiger charge is 2.55. The lowest BCUT2D eigenvalue weighted by molar-refractivity contribution is -0.194. The monoisotopic (exact) mass is 322 g/mol. The highest BCUT2D eigenvalue weighted by molar-refractivity contribution is 6.34. The van der Waals surface area contributed by atoms with Crippen LogP contribution in [0.3, 0.4) is 0 Å². The number of hydrogen-bond donors (Lipinski definition) is 0. The standard InChI is InChI=1S/C15H15ClN2O4/c1-15(2)21-11-10(7-19)20-14(12(11)22-15)18-6-4-8-9(18)3-5-17-13(8)16/h3-7,10-12,14H,1-2H3/t10-,11-,12-,14-/m1/s1. The Labute approximate surface area is 131 Å². The van der Waals surface area contributed by atoms with E-state index in [0.29, 0.717) is 5.15 Å². The molecule has 6 nitrogen and oxygen atoms in total. The first kappa shape index (κ1) is 14.1. The average molecular weight is 323 g/mol. The predicted octanol–water partition coefficient (Wildman–Crippen LogP) is 2.31. The quantitative estimate of drug-likeness (QED) is 0.627. The average Bonchev–Trinajstić information content (AvgIpc) is 3.10. The molecule has 116 valence electrons. The fourth-order valence-electron chi connectivity index (χ4n) is 3.22. The SMILES string of the molecule is CC1(C)O[C@@H]2[C@H](O1)[C@@H](C=O)O[C@H]2n1ccc2c(Cl)nccc21. The highest BCUT2D eigenvalue weighted by atomic mass is 35.5. The summed E-state index contributed by atoms with van der Waals surface area (Å²) in [5.74, 6) is -0.735. The molecule has 0 aliphatic carbocycles. The minimum absolute atomic E-state index is 0.354. The first-order chi connectivity index (χ1) is 10.5. The molecule has 4 rings (SSSR count). The van der Waals surface area contributed by atoms with Crippen LogP contribution in [-0.2, 0) is 19.0 Å². The molecule has 0 amide bonds. The van der Waals surface area contributed by atoms with E-state index in [1.54, 1.807) is 6.20 Å². The Hall–Kier alpha value is -1.47. The largest absolute Gasteiger partial charge is 0.342 e. The molecular formula is C15H15ClN2O4. The van der Waals surface area contributed by atoms with Gasteiger partial charge in [-0.15, -0.1) is 0 Å². The highest BCUT2D eigenvalue weighted by Crippen LogP contribution is 2.43. The number of carbonyl (C=O) groups excluding carboxylic acids is 1. The number of fused-ring (bicyclic) bond motifs is 2. The van der Waals surface area contributed by atoms with Crippen LogP contribution < -0.4 is 0 Å². The number of rotatable bonds is 2. The number of nitrogens with zero attached hydrogens (tertiary/aromatic N) is 2. The van der Waals surface area contributed by atoms with E-state index in [9.17, 15) is 4.79 Å². The van der Waals surface area contributed by atoms with E-state index in [4.69, 9.17) is 25.8 Å². The fraction of sp³-hybridized carbons (Fsp3) is 0.467. The second kappa shape index (κ2) is 4.76. The van der Waals surface area contributed by atoms with Crippen LogP contribution in [0.1, 0.15) is 20.1 Å². The molecule has 2 aromatic rings. The number of halogens is 1. The summed E-state index contributed by atoms with van der Waals surface area (Å²) in [6.07, 6.45) is 2.41. The van der Waals surface area contributed by atoms with Crippen LogP contribution >= 0.6 is 11.6 Å². The maximum Gasteiger partial charge on any atom is 0.164 e. The third kappa shape index (κ3) is 1.99. The van der Waals surface area contributed by atoms with Crippen molar-refractivity contribution in [2.24, 2.45) is 0 Å². The Balaban J connectivity index is 1.78. The Morgan fingerprint density at radius 1 is 1.32 bits per heavy atom. The minimum atomic E-state index is -0.735. The van der Waals surface area contributed by atoms with Gasteiger partial charge in [0.1, 0.15) is 23.5 Å². The molecule has 0 aromatic carbocycles. The minimum Gasteiger partial charge on any atom is -0.342 e. The van der Waals surface area contributed by atoms with E-state index in [0.717, 1.165) is 17.2 Å². The normalized spacial score (nSPS) is 33.2. The van der Waals surface area contributed by atoms with E-state index >= 15 is 0 Å². The number of aldehydes is 1. The van der Waals surface area contributed by atoms with Crippen molar-refractivity contribution in [3.05, 3.63) is 29.7 Å². The second-order valence-corrected chi connectivity index (χ2v) is 6.31. The summed E-state index contributed by atoms with van der Waals surface area (Å²) in [6, 6.07) is 3.73. The molecule has 0 N–H and O–H groups in total. The van der Waals surface area contributed by atoms with Crippen molar-refractivity contribution in [1.82, 2.24) is 9.55 Å². The summed E-state index contributed by atoms with van der Waals surface area (Å²) in [5.41, 5.74) is 0.878. The first-order valence-electron chi connectivity index (χ1n) is 7.07. The van der Waals surface area contributed by atoms with Crippen molar-refractivity contribution < 1.29 is 19.0 Å². The number of hydrogen-bond acceptors (Lipinski definition) is 5. The van der Waals surface area contributed by atoms with Gasteiger partial charge in [0, 0.05) is 17.8 Å². The van der Waals surface area contributed by atoms with Crippen molar-refractivity contribution in [2.45, 2.75) is 44.2 Å². The van der Waals surface area contributed by atoms with E-state index in [2.05, 4.69) is 4.98 Å². The number of aromatic nitrogens is 2. The van der Waals surface area contributed by atoms with Crippen molar-refractivity contribution in [3.63, 3.8) is 0 Å². The number of ether oxygens (including phenoxy) is 3. The van der Waals surface area contributed by atoms with Crippen LogP contribution in [0.5, 0.6) is 0 Å². The zero-order valence-electron chi connectivity index (χ0n) is 12.1. The maximum atomic E-state index is 11.3. The smallest absolute Gasteiger partial charge is 0.164 e. The predicted molar refractivity (Wildman–Crippen MR) is 78.5 cm³/mol. The van der Waals surface area contributed by atoms with Gasteiger partial charge in [0.2, 0.25) is 0 Å². The van der Waals surface area contributed by atoms with Crippen LogP contribution in [0.2, 0.25) is 5.15 Å². The molecule has 0 saturated carbocycles. The fourth-order valence-corrected chi connectivity index (χ4v) is 3.43. The van der Waals surface area contributed by atoms with Gasteiger partial charge >= 0.3 is 0 Å². The van der Waals surface area contributed by atoms with Crippen molar-refractivity contribution in [2.75, 3.05) is 0 Å². The molecular weight excluding hydrogens is 308 g/mol. The van der Waals surface area contributed by atoms with Gasteiger partial charge in [-0.3, -0.25) is 0 Å². The van der Waals surface area contributed by atoms with Crippen LogP contribution in [0, 0.1) is 0 Å². The molecule has 0 unspecified atom stereocenters. The van der Waals surface area contributed by atoms with Crippen LogP contribution in [0.25, 0.3) is 10.9 Å². The van der Waals surface area contributed by atoms with E-state index in [1.165, 1.54) is 0 Å². The van der Waals surface area contributed by atoms with Gasteiger partial charge < -0.3 is 23.6 Å². The topological polar surface area (TPSA) is 62.6 Å². The van der Waals surface area contributed by atoms with Gasteiger partial charge in [0.25, 0.3) is 0 Å². The van der Waals surface area contributed by atoms with Gasteiger partial charge in [-0.1, -0.05) is 11.6 Å². The Morgan fingerprint density at radius 3 is 2.86 bits per heavy atom.